The summed E-state index contributed by atoms with van der Waals surface area (Å²) in [5.41, 5.74) is -2.89. The Balaban J connectivity index is 2.13. The van der Waals surface area contributed by atoms with Gasteiger partial charge in [-0.15, -0.1) is 11.6 Å². The molecule has 0 bridgehead atoms. The molecular weight excluding hydrogens is 492 g/mol. The Hall–Kier alpha value is -2.43. The van der Waals surface area contributed by atoms with Crippen LogP contribution in [0.4, 0.5) is 24.5 Å². The fraction of sp³-hybridized carbons (Fsp3) is 0.250. The van der Waals surface area contributed by atoms with Crippen molar-refractivity contribution in [2.24, 2.45) is 0 Å². The van der Waals surface area contributed by atoms with Crippen molar-refractivity contribution >= 4 is 64.1 Å². The Morgan fingerprint density at radius 1 is 1.03 bits per heavy atom. The van der Waals surface area contributed by atoms with E-state index in [1.54, 1.807) is 30.3 Å². The molecule has 2 aromatic rings. The number of amides is 2. The summed E-state index contributed by atoms with van der Waals surface area (Å²) in [5.74, 6) is -3.35. The molecule has 12 heteroatoms. The molecule has 2 N–H and O–H groups in total. The number of carbonyl (C=O) groups is 3. The Morgan fingerprint density at radius 3 is 2.12 bits per heavy atom. The molecule has 1 atom stereocenters. The van der Waals surface area contributed by atoms with Crippen LogP contribution >= 0.6 is 35.0 Å². The molecule has 0 aliphatic rings. The van der Waals surface area contributed by atoms with Crippen molar-refractivity contribution in [1.82, 2.24) is 0 Å². The van der Waals surface area contributed by atoms with Crippen LogP contribution in [0.5, 0.6) is 0 Å². The number of ether oxygens (including phenoxy) is 1. The third-order valence-electron chi connectivity index (χ3n) is 4.01. The molecule has 6 nitrogen and oxygen atoms in total. The van der Waals surface area contributed by atoms with Gasteiger partial charge in [-0.2, -0.15) is 13.2 Å². The lowest BCUT2D eigenvalue weighted by molar-refractivity contribution is -0.253. The van der Waals surface area contributed by atoms with E-state index in [4.69, 9.17) is 23.2 Å². The topological polar surface area (TPSA) is 84.5 Å². The zero-order chi connectivity index (χ0) is 24.1. The van der Waals surface area contributed by atoms with Crippen LogP contribution < -0.4 is 10.6 Å². The lowest BCUT2D eigenvalue weighted by Gasteiger charge is -2.29. The Bertz CT molecular complexity index is 1020. The molecule has 2 rings (SSSR count). The first-order chi connectivity index (χ1) is 14.9. The van der Waals surface area contributed by atoms with Gasteiger partial charge in [-0.1, -0.05) is 23.4 Å². The van der Waals surface area contributed by atoms with Gasteiger partial charge in [-0.05, 0) is 49.4 Å². The second-order valence-electron chi connectivity index (χ2n) is 6.53. The number of hydrogen-bond donors (Lipinski definition) is 2. The van der Waals surface area contributed by atoms with Crippen LogP contribution in [-0.4, -0.2) is 35.4 Å². The third kappa shape index (κ3) is 6.54. The maximum absolute atomic E-state index is 13.3. The van der Waals surface area contributed by atoms with E-state index in [1.807, 2.05) is 0 Å². The molecule has 0 aliphatic heterocycles. The molecule has 0 heterocycles. The predicted molar refractivity (Wildman–Crippen MR) is 116 cm³/mol. The van der Waals surface area contributed by atoms with Crippen LogP contribution in [0.25, 0.3) is 0 Å². The monoisotopic (exact) mass is 508 g/mol. The molecule has 172 valence electrons. The van der Waals surface area contributed by atoms with Crippen LogP contribution in [0.15, 0.2) is 52.3 Å². The number of hydrogen-bond acceptors (Lipinski definition) is 5. The van der Waals surface area contributed by atoms with E-state index >= 15 is 0 Å². The molecule has 0 aliphatic carbocycles. The quantitative estimate of drug-likeness (QED) is 0.381. The summed E-state index contributed by atoms with van der Waals surface area (Å²) < 4.78 is 44.3. The van der Waals surface area contributed by atoms with Crippen LogP contribution in [0, 0.1) is 0 Å². The second-order valence-corrected chi connectivity index (χ2v) is 8.35. The van der Waals surface area contributed by atoms with Gasteiger partial charge in [-0.25, -0.2) is 0 Å². The molecule has 0 spiro atoms. The number of benzene rings is 2. The zero-order valence-corrected chi connectivity index (χ0v) is 19.0. The van der Waals surface area contributed by atoms with Gasteiger partial charge in [-0.3, -0.25) is 14.4 Å². The molecule has 0 saturated carbocycles. The summed E-state index contributed by atoms with van der Waals surface area (Å²) in [6.45, 7) is 1.23. The highest BCUT2D eigenvalue weighted by molar-refractivity contribution is 7.99. The first kappa shape index (κ1) is 25.8. The van der Waals surface area contributed by atoms with E-state index in [1.165, 1.54) is 23.9 Å². The Morgan fingerprint density at radius 2 is 1.62 bits per heavy atom. The highest BCUT2D eigenvalue weighted by Crippen LogP contribution is 2.37. The molecule has 0 fully saturated rings. The van der Waals surface area contributed by atoms with Crippen LogP contribution in [0.1, 0.15) is 13.8 Å². The highest BCUT2D eigenvalue weighted by Gasteiger charge is 2.60. The number of nitrogens with one attached hydrogen (secondary N) is 2. The van der Waals surface area contributed by atoms with Crippen LogP contribution in [-0.2, 0) is 19.1 Å². The molecular formula is C20H17Cl2F3N2O4S. The number of anilines is 2. The first-order valence-corrected chi connectivity index (χ1v) is 10.6. The maximum Gasteiger partial charge on any atom is 0.437 e. The average Bonchev–Trinajstić information content (AvgIpc) is 2.69. The van der Waals surface area contributed by atoms with Gasteiger partial charge >= 0.3 is 12.1 Å². The Kier molecular flexibility index (Phi) is 8.44. The van der Waals surface area contributed by atoms with E-state index in [9.17, 15) is 27.6 Å². The smallest absolute Gasteiger partial charge is 0.437 e. The van der Waals surface area contributed by atoms with Crippen molar-refractivity contribution < 1.29 is 32.3 Å². The zero-order valence-electron chi connectivity index (χ0n) is 16.7. The van der Waals surface area contributed by atoms with Crippen molar-refractivity contribution in [3.05, 3.63) is 47.5 Å². The van der Waals surface area contributed by atoms with Gasteiger partial charge in [0, 0.05) is 22.4 Å². The van der Waals surface area contributed by atoms with Crippen molar-refractivity contribution in [2.75, 3.05) is 16.5 Å². The summed E-state index contributed by atoms with van der Waals surface area (Å²) in [5, 5.41) is 4.64. The summed E-state index contributed by atoms with van der Waals surface area (Å²) in [7, 11) is 0. The average molecular weight is 509 g/mol. The van der Waals surface area contributed by atoms with Crippen molar-refractivity contribution in [3.63, 3.8) is 0 Å². The van der Waals surface area contributed by atoms with E-state index in [0.29, 0.717) is 17.5 Å². The summed E-state index contributed by atoms with van der Waals surface area (Å²) >= 11 is 12.9. The fourth-order valence-electron chi connectivity index (χ4n) is 2.36. The lowest BCUT2D eigenvalue weighted by atomic mass is 10.0. The van der Waals surface area contributed by atoms with Crippen LogP contribution in [0.3, 0.4) is 0 Å². The third-order valence-corrected chi connectivity index (χ3v) is 5.56. The van der Waals surface area contributed by atoms with E-state index in [2.05, 4.69) is 15.4 Å². The van der Waals surface area contributed by atoms with Gasteiger partial charge in [0.25, 0.3) is 11.5 Å². The predicted octanol–water partition coefficient (Wildman–Crippen LogP) is 5.49. The summed E-state index contributed by atoms with van der Waals surface area (Å²) in [4.78, 5) is 36.1. The van der Waals surface area contributed by atoms with Gasteiger partial charge in [0.05, 0.1) is 10.7 Å². The number of esters is 1. The molecule has 32 heavy (non-hydrogen) atoms. The number of rotatable bonds is 7. The minimum Gasteiger partial charge on any atom is -0.439 e. The van der Waals surface area contributed by atoms with E-state index < -0.39 is 23.7 Å². The van der Waals surface area contributed by atoms with Crippen LogP contribution in [0.2, 0.25) is 5.02 Å². The number of alkyl halides is 4. The summed E-state index contributed by atoms with van der Waals surface area (Å²) in [6.07, 6.45) is -5.14. The van der Waals surface area contributed by atoms with Crippen molar-refractivity contribution in [1.29, 1.82) is 0 Å². The number of halogens is 5. The SMILES string of the molecule is CC(=O)OC(C)(C(=O)Nc1ccc(Sc2ccc(NC(=O)CCl)cc2)cc1Cl)C(F)(F)F. The molecule has 2 amide bonds. The molecule has 0 aromatic heterocycles. The van der Waals surface area contributed by atoms with Gasteiger partial charge in [0.2, 0.25) is 5.91 Å². The van der Waals surface area contributed by atoms with Crippen molar-refractivity contribution in [2.45, 2.75) is 35.4 Å². The standard InChI is InChI=1S/C20H17Cl2F3N2O4S/c1-11(28)31-19(2,20(23,24)25)18(30)27-16-8-7-14(9-15(16)22)32-13-5-3-12(4-6-13)26-17(29)10-21/h3-9H,10H2,1-2H3,(H,26,29)(H,27,30). The minimum absolute atomic E-state index is 0.0123. The molecule has 0 radical (unpaired) electrons. The first-order valence-electron chi connectivity index (χ1n) is 8.87. The Labute approximate surface area is 195 Å². The number of carbonyl (C=O) groups excluding carboxylic acids is 3. The lowest BCUT2D eigenvalue weighted by Crippen LogP contribution is -2.55. The highest BCUT2D eigenvalue weighted by atomic mass is 35.5. The van der Waals surface area contributed by atoms with E-state index in [0.717, 1.165) is 11.8 Å². The fourth-order valence-corrected chi connectivity index (χ4v) is 3.58. The van der Waals surface area contributed by atoms with Gasteiger partial charge in [0.1, 0.15) is 5.88 Å². The van der Waals surface area contributed by atoms with E-state index in [-0.39, 0.29) is 22.5 Å². The van der Waals surface area contributed by atoms with Gasteiger partial charge < -0.3 is 15.4 Å². The maximum atomic E-state index is 13.3. The second kappa shape index (κ2) is 10.5. The normalized spacial score (nSPS) is 13.1. The molecule has 0 saturated heterocycles. The largest absolute Gasteiger partial charge is 0.439 e. The molecule has 1 unspecified atom stereocenters. The van der Waals surface area contributed by atoms with Crippen molar-refractivity contribution in [3.8, 4) is 0 Å². The minimum atomic E-state index is -5.14. The van der Waals surface area contributed by atoms with Gasteiger partial charge in [0.15, 0.2) is 0 Å². The molecule has 2 aromatic carbocycles. The summed E-state index contributed by atoms with van der Waals surface area (Å²) in [6, 6.07) is 11.2.